The monoisotopic (exact) mass is 277 g/mol. The Bertz CT molecular complexity index is 387. The number of hydrogen-bond acceptors (Lipinski definition) is 2. The molecule has 20 heavy (non-hydrogen) atoms. The van der Waals surface area contributed by atoms with Crippen molar-refractivity contribution in [3.05, 3.63) is 0 Å². The van der Waals surface area contributed by atoms with Crippen molar-refractivity contribution in [2.75, 3.05) is 0 Å². The second kappa shape index (κ2) is 5.34. The van der Waals surface area contributed by atoms with Crippen LogP contribution < -0.4 is 0 Å². The quantitative estimate of drug-likeness (QED) is 0.797. The van der Waals surface area contributed by atoms with Crippen LogP contribution in [0.25, 0.3) is 0 Å². The summed E-state index contributed by atoms with van der Waals surface area (Å²) < 4.78 is 0. The Kier molecular flexibility index (Phi) is 4.22. The first-order chi connectivity index (χ1) is 9.26. The van der Waals surface area contributed by atoms with E-state index < -0.39 is 11.0 Å². The minimum Gasteiger partial charge on any atom is -0.388 e. The van der Waals surface area contributed by atoms with Gasteiger partial charge in [0.2, 0.25) is 0 Å². The van der Waals surface area contributed by atoms with Gasteiger partial charge in [-0.05, 0) is 62.2 Å². The molecule has 0 aromatic heterocycles. The lowest BCUT2D eigenvalue weighted by Crippen LogP contribution is -2.55. The Balaban J connectivity index is 2.24. The highest BCUT2D eigenvalue weighted by atomic mass is 16.3. The second-order valence-electron chi connectivity index (χ2n) is 8.43. The maximum atomic E-state index is 11.4. The highest BCUT2D eigenvalue weighted by Crippen LogP contribution is 2.56. The Morgan fingerprint density at radius 1 is 1.20 bits per heavy atom. The van der Waals surface area contributed by atoms with E-state index in [1.807, 2.05) is 0 Å². The van der Waals surface area contributed by atoms with Crippen LogP contribution in [-0.4, -0.2) is 10.7 Å². The van der Waals surface area contributed by atoms with E-state index in [4.69, 9.17) is 0 Å². The largest absolute Gasteiger partial charge is 0.388 e. The predicted octanol–water partition coefficient (Wildman–Crippen LogP) is 4.67. The summed E-state index contributed by atoms with van der Waals surface area (Å²) in [5, 5.41) is 21.3. The summed E-state index contributed by atoms with van der Waals surface area (Å²) in [6, 6.07) is 2.58. The standard InChI is InChI=1S/C18H31NO/c1-5-15-6-8-17(13-19,9-7-15)18(20)11-14(2)10-16(3,4)12-18/h14-15,20H,5-12H2,1-4H3. The molecule has 0 amide bonds. The molecule has 2 unspecified atom stereocenters. The fourth-order valence-electron chi connectivity index (χ4n) is 5.15. The third-order valence-corrected chi connectivity index (χ3v) is 6.00. The van der Waals surface area contributed by atoms with Gasteiger partial charge in [-0.15, -0.1) is 0 Å². The molecule has 0 spiro atoms. The van der Waals surface area contributed by atoms with Gasteiger partial charge in [0.25, 0.3) is 0 Å². The minimum atomic E-state index is -0.776. The summed E-state index contributed by atoms with van der Waals surface area (Å²) >= 11 is 0. The summed E-state index contributed by atoms with van der Waals surface area (Å²) in [5.41, 5.74) is -1.12. The van der Waals surface area contributed by atoms with Crippen LogP contribution in [0.15, 0.2) is 0 Å². The Morgan fingerprint density at radius 3 is 2.25 bits per heavy atom. The topological polar surface area (TPSA) is 44.0 Å². The van der Waals surface area contributed by atoms with E-state index in [9.17, 15) is 10.4 Å². The fraction of sp³-hybridized carbons (Fsp3) is 0.944. The SMILES string of the molecule is CCC1CCC(C#N)(C2(O)CC(C)CC(C)(C)C2)CC1. The number of nitrogens with zero attached hydrogens (tertiary/aromatic N) is 1. The van der Waals surface area contributed by atoms with Gasteiger partial charge in [0.05, 0.1) is 17.1 Å². The van der Waals surface area contributed by atoms with E-state index in [1.54, 1.807) is 0 Å². The molecule has 0 heterocycles. The molecule has 2 fully saturated rings. The van der Waals surface area contributed by atoms with E-state index in [-0.39, 0.29) is 5.41 Å². The van der Waals surface area contributed by atoms with Crippen LogP contribution in [-0.2, 0) is 0 Å². The Morgan fingerprint density at radius 2 is 1.80 bits per heavy atom. The summed E-state index contributed by atoms with van der Waals surface area (Å²) in [5.74, 6) is 1.27. The van der Waals surface area contributed by atoms with E-state index >= 15 is 0 Å². The van der Waals surface area contributed by atoms with Crippen LogP contribution in [0.3, 0.4) is 0 Å². The van der Waals surface area contributed by atoms with Crippen molar-refractivity contribution < 1.29 is 5.11 Å². The van der Waals surface area contributed by atoms with Crippen molar-refractivity contribution in [1.29, 1.82) is 5.26 Å². The molecule has 0 aliphatic heterocycles. The first kappa shape index (κ1) is 15.8. The smallest absolute Gasteiger partial charge is 0.0860 e. The van der Waals surface area contributed by atoms with Gasteiger partial charge in [0.1, 0.15) is 0 Å². The number of aliphatic hydroxyl groups is 1. The molecule has 114 valence electrons. The third kappa shape index (κ3) is 2.75. The van der Waals surface area contributed by atoms with E-state index in [1.165, 1.54) is 6.42 Å². The van der Waals surface area contributed by atoms with Crippen LogP contribution in [0.4, 0.5) is 0 Å². The molecule has 2 aliphatic carbocycles. The highest BCUT2D eigenvalue weighted by Gasteiger charge is 2.56. The molecule has 2 aliphatic rings. The van der Waals surface area contributed by atoms with Crippen molar-refractivity contribution in [3.63, 3.8) is 0 Å². The molecule has 2 saturated carbocycles. The summed E-state index contributed by atoms with van der Waals surface area (Å²) in [4.78, 5) is 0. The van der Waals surface area contributed by atoms with Crippen LogP contribution in [0.5, 0.6) is 0 Å². The average Bonchev–Trinajstić information content (AvgIpc) is 2.35. The maximum Gasteiger partial charge on any atom is 0.0860 e. The van der Waals surface area contributed by atoms with Crippen molar-refractivity contribution in [3.8, 4) is 6.07 Å². The highest BCUT2D eigenvalue weighted by molar-refractivity contribution is 5.15. The van der Waals surface area contributed by atoms with Crippen molar-refractivity contribution in [2.45, 2.75) is 84.7 Å². The normalized spacial score (nSPS) is 44.8. The predicted molar refractivity (Wildman–Crippen MR) is 82.0 cm³/mol. The minimum absolute atomic E-state index is 0.151. The molecule has 1 N–H and O–H groups in total. The van der Waals surface area contributed by atoms with Crippen molar-refractivity contribution in [1.82, 2.24) is 0 Å². The van der Waals surface area contributed by atoms with Crippen LogP contribution in [0.1, 0.15) is 79.1 Å². The van der Waals surface area contributed by atoms with Gasteiger partial charge in [-0.3, -0.25) is 0 Å². The molecule has 0 aromatic rings. The van der Waals surface area contributed by atoms with Gasteiger partial charge in [-0.2, -0.15) is 5.26 Å². The molecule has 2 atom stereocenters. The first-order valence-electron chi connectivity index (χ1n) is 8.39. The number of rotatable bonds is 2. The van der Waals surface area contributed by atoms with E-state index in [2.05, 4.69) is 33.8 Å². The zero-order chi connectivity index (χ0) is 15.0. The lowest BCUT2D eigenvalue weighted by molar-refractivity contribution is -0.140. The Labute approximate surface area is 124 Å². The molecule has 2 rings (SSSR count). The van der Waals surface area contributed by atoms with Gasteiger partial charge in [-0.25, -0.2) is 0 Å². The summed E-state index contributed by atoms with van der Waals surface area (Å²) in [6.45, 7) is 8.96. The molecule has 0 aromatic carbocycles. The zero-order valence-electron chi connectivity index (χ0n) is 13.7. The number of hydrogen-bond donors (Lipinski definition) is 1. The lowest BCUT2D eigenvalue weighted by atomic mass is 9.53. The third-order valence-electron chi connectivity index (χ3n) is 6.00. The van der Waals surface area contributed by atoms with Gasteiger partial charge in [0.15, 0.2) is 0 Å². The summed E-state index contributed by atoms with van der Waals surface area (Å²) in [7, 11) is 0. The molecule has 2 nitrogen and oxygen atoms in total. The Hall–Kier alpha value is -0.550. The van der Waals surface area contributed by atoms with Crippen LogP contribution in [0.2, 0.25) is 0 Å². The molecule has 0 saturated heterocycles. The second-order valence-corrected chi connectivity index (χ2v) is 8.43. The molecule has 2 heteroatoms. The fourth-order valence-corrected chi connectivity index (χ4v) is 5.15. The molecule has 0 radical (unpaired) electrons. The maximum absolute atomic E-state index is 11.4. The molecular formula is C18H31NO. The number of nitriles is 1. The zero-order valence-corrected chi connectivity index (χ0v) is 13.7. The lowest BCUT2D eigenvalue weighted by Gasteiger charge is -2.53. The van der Waals surface area contributed by atoms with E-state index in [0.717, 1.165) is 50.9 Å². The average molecular weight is 277 g/mol. The van der Waals surface area contributed by atoms with Gasteiger partial charge >= 0.3 is 0 Å². The van der Waals surface area contributed by atoms with Crippen LogP contribution in [0, 0.1) is 34.0 Å². The van der Waals surface area contributed by atoms with Crippen molar-refractivity contribution in [2.24, 2.45) is 22.7 Å². The molecule has 0 bridgehead atoms. The van der Waals surface area contributed by atoms with Gasteiger partial charge in [-0.1, -0.05) is 34.1 Å². The van der Waals surface area contributed by atoms with E-state index in [0.29, 0.717) is 5.92 Å². The van der Waals surface area contributed by atoms with Crippen LogP contribution >= 0.6 is 0 Å². The van der Waals surface area contributed by atoms with Gasteiger partial charge in [0, 0.05) is 0 Å². The van der Waals surface area contributed by atoms with Crippen molar-refractivity contribution >= 4 is 0 Å². The molecular weight excluding hydrogens is 246 g/mol. The first-order valence-corrected chi connectivity index (χ1v) is 8.39. The van der Waals surface area contributed by atoms with Gasteiger partial charge < -0.3 is 5.11 Å². The summed E-state index contributed by atoms with van der Waals surface area (Å²) in [6.07, 6.45) is 7.97.